The first-order valence-electron chi connectivity index (χ1n) is 8.85. The van der Waals surface area contributed by atoms with Gasteiger partial charge in [-0.25, -0.2) is 4.98 Å². The number of rotatable bonds is 6. The number of alkyl halides is 3. The van der Waals surface area contributed by atoms with Crippen molar-refractivity contribution in [2.75, 3.05) is 31.1 Å². The Morgan fingerprint density at radius 3 is 2.27 bits per heavy atom. The Labute approximate surface area is 171 Å². The highest BCUT2D eigenvalue weighted by Crippen LogP contribution is 2.40. The van der Waals surface area contributed by atoms with E-state index in [9.17, 15) is 17.7 Å². The van der Waals surface area contributed by atoms with Crippen LogP contribution in [-0.2, 0) is 10.7 Å². The van der Waals surface area contributed by atoms with Crippen molar-refractivity contribution in [1.29, 1.82) is 0 Å². The molecule has 3 aromatic rings. The van der Waals surface area contributed by atoms with Gasteiger partial charge in [-0.2, -0.15) is 18.2 Å². The number of nitrogens with zero attached hydrogens (tertiary/aromatic N) is 2. The van der Waals surface area contributed by atoms with Crippen molar-refractivity contribution in [3.63, 3.8) is 0 Å². The number of aromatic nitrogens is 2. The molecule has 1 aromatic heterocycles. The van der Waals surface area contributed by atoms with Crippen LogP contribution in [0.4, 0.5) is 36.3 Å². The Balaban J connectivity index is 1.99. The number of benzene rings is 2. The van der Waals surface area contributed by atoms with Crippen molar-refractivity contribution in [1.82, 2.24) is 9.97 Å². The van der Waals surface area contributed by atoms with Crippen molar-refractivity contribution in [3.05, 3.63) is 60.3 Å². The van der Waals surface area contributed by atoms with Crippen molar-refractivity contribution in [2.45, 2.75) is 6.18 Å². The molecular formula is C20H20F3N4O2P. The first-order chi connectivity index (χ1) is 14.1. The second kappa shape index (κ2) is 8.36. The highest BCUT2D eigenvalue weighted by molar-refractivity contribution is 7.70. The largest absolute Gasteiger partial charge is 0.497 e. The van der Waals surface area contributed by atoms with Crippen molar-refractivity contribution < 1.29 is 22.5 Å². The highest BCUT2D eigenvalue weighted by Gasteiger charge is 2.35. The summed E-state index contributed by atoms with van der Waals surface area (Å²) in [6.07, 6.45) is -3.96. The minimum atomic E-state index is -4.67. The molecule has 2 N–H and O–H groups in total. The predicted molar refractivity (Wildman–Crippen MR) is 112 cm³/mol. The zero-order chi connectivity index (χ0) is 21.9. The second-order valence-electron chi connectivity index (χ2n) is 6.80. The molecule has 0 amide bonds. The van der Waals surface area contributed by atoms with E-state index in [2.05, 4.69) is 20.6 Å². The lowest BCUT2D eigenvalue weighted by molar-refractivity contribution is -0.137. The molecule has 30 heavy (non-hydrogen) atoms. The molecule has 1 heterocycles. The number of hydrogen-bond acceptors (Lipinski definition) is 6. The van der Waals surface area contributed by atoms with Crippen LogP contribution in [0.2, 0.25) is 0 Å². The number of methoxy groups -OCH3 is 1. The van der Waals surface area contributed by atoms with Gasteiger partial charge in [0, 0.05) is 17.2 Å². The van der Waals surface area contributed by atoms with Crippen LogP contribution < -0.4 is 20.7 Å². The minimum Gasteiger partial charge on any atom is -0.497 e. The molecule has 158 valence electrons. The van der Waals surface area contributed by atoms with Gasteiger partial charge >= 0.3 is 6.18 Å². The lowest BCUT2D eigenvalue weighted by atomic mass is 10.2. The third kappa shape index (κ3) is 5.10. The molecule has 10 heteroatoms. The van der Waals surface area contributed by atoms with E-state index in [1.54, 1.807) is 61.9 Å². The average molecular weight is 436 g/mol. The molecule has 0 aliphatic rings. The fraction of sp³-hybridized carbons (Fsp3) is 0.200. The van der Waals surface area contributed by atoms with Gasteiger partial charge < -0.3 is 19.9 Å². The van der Waals surface area contributed by atoms with Gasteiger partial charge in [-0.1, -0.05) is 12.1 Å². The van der Waals surface area contributed by atoms with Crippen LogP contribution in [0.3, 0.4) is 0 Å². The first-order valence-corrected chi connectivity index (χ1v) is 11.4. The van der Waals surface area contributed by atoms with Crippen LogP contribution in [0.25, 0.3) is 0 Å². The first kappa shape index (κ1) is 21.6. The zero-order valence-corrected chi connectivity index (χ0v) is 17.4. The van der Waals surface area contributed by atoms with Crippen molar-refractivity contribution >= 4 is 35.6 Å². The van der Waals surface area contributed by atoms with Gasteiger partial charge in [0.15, 0.2) is 0 Å². The summed E-state index contributed by atoms with van der Waals surface area (Å²) in [7, 11) is -1.21. The highest BCUT2D eigenvalue weighted by atomic mass is 31.2. The van der Waals surface area contributed by atoms with Gasteiger partial charge in [0.1, 0.15) is 24.3 Å². The minimum absolute atomic E-state index is 0.0238. The third-order valence-corrected chi connectivity index (χ3v) is 5.73. The summed E-state index contributed by atoms with van der Waals surface area (Å²) in [4.78, 5) is 7.81. The molecule has 0 aliphatic heterocycles. The Kier molecular flexibility index (Phi) is 6.03. The van der Waals surface area contributed by atoms with Crippen LogP contribution in [0.5, 0.6) is 5.75 Å². The van der Waals surface area contributed by atoms with Gasteiger partial charge in [-0.05, 0) is 49.7 Å². The molecule has 0 spiro atoms. The van der Waals surface area contributed by atoms with E-state index < -0.39 is 24.7 Å². The molecule has 0 radical (unpaired) electrons. The zero-order valence-electron chi connectivity index (χ0n) is 16.5. The van der Waals surface area contributed by atoms with Crippen molar-refractivity contribution in [2.24, 2.45) is 0 Å². The standard InChI is InChI=1S/C20H20F3N4O2P/c1-29-14-10-8-13(9-11-14)25-19-24-12-15(20(21,22)23)18(27-19)26-16-6-4-5-7-17(16)30(2,3)28/h4-12H,1-3H3,(H2,24,25,26,27). The number of para-hydroxylation sites is 1. The summed E-state index contributed by atoms with van der Waals surface area (Å²) in [5, 5.41) is 5.99. The molecule has 0 aliphatic carbocycles. The molecule has 3 rings (SSSR count). The maximum absolute atomic E-state index is 13.5. The number of halogens is 3. The average Bonchev–Trinajstić information content (AvgIpc) is 2.67. The molecule has 0 unspecified atom stereocenters. The van der Waals surface area contributed by atoms with Gasteiger partial charge in [0.2, 0.25) is 5.95 Å². The van der Waals surface area contributed by atoms with Gasteiger partial charge in [-0.15, -0.1) is 0 Å². The molecule has 0 bridgehead atoms. The van der Waals surface area contributed by atoms with Gasteiger partial charge in [-0.3, -0.25) is 0 Å². The van der Waals surface area contributed by atoms with Crippen LogP contribution in [0, 0.1) is 0 Å². The summed E-state index contributed by atoms with van der Waals surface area (Å²) in [6, 6.07) is 13.3. The predicted octanol–water partition coefficient (Wildman–Crippen LogP) is 5.24. The monoisotopic (exact) mass is 436 g/mol. The van der Waals surface area contributed by atoms with Crippen LogP contribution in [0.1, 0.15) is 5.56 Å². The maximum Gasteiger partial charge on any atom is 0.421 e. The van der Waals surface area contributed by atoms with Crippen molar-refractivity contribution in [3.8, 4) is 5.75 Å². The number of hydrogen-bond donors (Lipinski definition) is 2. The van der Waals surface area contributed by atoms with E-state index in [0.29, 0.717) is 28.6 Å². The van der Waals surface area contributed by atoms with E-state index in [0.717, 1.165) is 0 Å². The number of anilines is 4. The molecule has 2 aromatic carbocycles. The summed E-state index contributed by atoms with van der Waals surface area (Å²) in [5.74, 6) is 0.176. The number of nitrogens with one attached hydrogen (secondary N) is 2. The normalized spacial score (nSPS) is 11.8. The lowest BCUT2D eigenvalue weighted by Gasteiger charge is -2.18. The molecule has 0 fully saturated rings. The third-order valence-electron chi connectivity index (χ3n) is 4.18. The van der Waals surface area contributed by atoms with E-state index >= 15 is 0 Å². The lowest BCUT2D eigenvalue weighted by Crippen LogP contribution is -2.15. The molecule has 0 saturated heterocycles. The van der Waals surface area contributed by atoms with E-state index in [1.165, 1.54) is 7.11 Å². The van der Waals surface area contributed by atoms with Crippen LogP contribution in [0.15, 0.2) is 54.7 Å². The SMILES string of the molecule is COc1ccc(Nc2ncc(C(F)(F)F)c(Nc3ccccc3P(C)(C)=O)n2)cc1. The fourth-order valence-electron chi connectivity index (χ4n) is 2.72. The Morgan fingerprint density at radius 2 is 1.67 bits per heavy atom. The quantitative estimate of drug-likeness (QED) is 0.515. The summed E-state index contributed by atoms with van der Waals surface area (Å²) in [6.45, 7) is 3.10. The summed E-state index contributed by atoms with van der Waals surface area (Å²) >= 11 is 0. The summed E-state index contributed by atoms with van der Waals surface area (Å²) in [5.41, 5.74) is -0.154. The Bertz CT molecular complexity index is 1080. The molecule has 6 nitrogen and oxygen atoms in total. The van der Waals surface area contributed by atoms with Gasteiger partial charge in [0.25, 0.3) is 0 Å². The Hall–Kier alpha value is -3.06. The van der Waals surface area contributed by atoms with Crippen LogP contribution >= 0.6 is 7.14 Å². The topological polar surface area (TPSA) is 76.1 Å². The molecule has 0 saturated carbocycles. The maximum atomic E-state index is 13.5. The molecular weight excluding hydrogens is 416 g/mol. The summed E-state index contributed by atoms with van der Waals surface area (Å²) < 4.78 is 58.2. The van der Waals surface area contributed by atoms with Gasteiger partial charge in [0.05, 0.1) is 12.8 Å². The smallest absolute Gasteiger partial charge is 0.421 e. The fourth-order valence-corrected chi connectivity index (χ4v) is 3.88. The second-order valence-corrected chi connectivity index (χ2v) is 9.98. The Morgan fingerprint density at radius 1 is 1.00 bits per heavy atom. The van der Waals surface area contributed by atoms with E-state index in [-0.39, 0.29) is 5.95 Å². The van der Waals surface area contributed by atoms with E-state index in [4.69, 9.17) is 4.74 Å². The number of ether oxygens (including phenoxy) is 1. The molecule has 0 atom stereocenters. The van der Waals surface area contributed by atoms with Crippen LogP contribution in [-0.4, -0.2) is 30.4 Å². The van der Waals surface area contributed by atoms with E-state index in [1.807, 2.05) is 0 Å².